The molecular weight excluding hydrogens is 1260 g/mol. The predicted octanol–water partition coefficient (Wildman–Crippen LogP) is -3.30. The maximum Gasteiger partial charge on any atom is 0.245 e. The summed E-state index contributed by atoms with van der Waals surface area (Å²) < 4.78 is 0. The summed E-state index contributed by atoms with van der Waals surface area (Å²) in [6.07, 6.45) is 5.66. The Hall–Kier alpha value is -8.98. The Morgan fingerprint density at radius 2 is 1.04 bits per heavy atom. The highest BCUT2D eigenvalue weighted by Crippen LogP contribution is 2.21. The van der Waals surface area contributed by atoms with Crippen LogP contribution in [0.4, 0.5) is 0 Å². The molecule has 1 aromatic heterocycles. The maximum atomic E-state index is 13.4. The molecule has 0 aliphatic rings. The summed E-state index contributed by atoms with van der Waals surface area (Å²) in [5.41, 5.74) is 29.2. The first-order valence-corrected chi connectivity index (χ1v) is 33.2. The zero-order chi connectivity index (χ0) is 72.8. The number of H-pyrrole nitrogens is 1. The van der Waals surface area contributed by atoms with Crippen LogP contribution in [0.3, 0.4) is 0 Å². The summed E-state index contributed by atoms with van der Waals surface area (Å²) in [7, 11) is 0. The Labute approximate surface area is 567 Å². The lowest BCUT2D eigenvalue weighted by atomic mass is 9.86. The van der Waals surface area contributed by atoms with Crippen LogP contribution in [-0.4, -0.2) is 193 Å². The van der Waals surface area contributed by atoms with E-state index in [1.54, 1.807) is 27.0 Å². The van der Waals surface area contributed by atoms with Crippen molar-refractivity contribution < 1.29 is 67.4 Å². The number of hydrogen-bond acceptors (Lipinski definition) is 17. The number of amides is 13. The largest absolute Gasteiger partial charge is 0.391 e. The van der Waals surface area contributed by atoms with Crippen molar-refractivity contribution in [3.8, 4) is 0 Å². The summed E-state index contributed by atoms with van der Waals surface area (Å²) in [6, 6.07) is -1.59. The standard InChI is InChI=1S/C64H109N19O14/c1-37(2)32-47(61(96)83-54(55(67)90)64(6,7)8)80-52(89)36-76-56(91)38(3)77-57(92)39(4)78-60(95)46(23-19-31-73-63(68)69)79-51(88)35-75-50(87)26-13-17-29-71-48(85)24-12-16-28-70-49(86)25-14-18-30-72-59(94)45(22-11-15-27-65)81-62(97)53(40(5)84)82-58(93)43(66)33-41-34-74-44-21-10-9-20-42(41)44/h9-10,20-21,34,37-40,43,45-47,53-54,74,84H,11-19,22-33,35-36,65-66H2,1-8H3,(H2,67,90)(H,70,86)(H,71,85)(H,72,94)(H,75,87)(H,76,91)(H,77,92)(H,78,95)(H,79,88)(H,80,89)(H,81,97)(H,82,93)(H,83,96)(H4,68,69,73)/t38-,39-,40+,43-,45-,46-,47-,53-,54+/m0/s1. The number of para-hydroxylation sites is 1. The zero-order valence-electron chi connectivity index (χ0n) is 57.5. The second kappa shape index (κ2) is 44.7. The van der Waals surface area contributed by atoms with Gasteiger partial charge in [-0.25, -0.2) is 0 Å². The van der Waals surface area contributed by atoms with Gasteiger partial charge in [0.05, 0.1) is 25.2 Å². The quantitative estimate of drug-likeness (QED) is 0.0175. The van der Waals surface area contributed by atoms with Gasteiger partial charge in [-0.15, -0.1) is 0 Å². The van der Waals surface area contributed by atoms with E-state index in [0.29, 0.717) is 71.0 Å². The lowest BCUT2D eigenvalue weighted by Crippen LogP contribution is -2.59. The molecule has 0 saturated heterocycles. The number of nitrogens with zero attached hydrogens (tertiary/aromatic N) is 1. The molecule has 0 fully saturated rings. The molecule has 97 heavy (non-hydrogen) atoms. The van der Waals surface area contributed by atoms with Crippen molar-refractivity contribution in [2.45, 2.75) is 213 Å². The third-order valence-electron chi connectivity index (χ3n) is 15.3. The number of carbonyl (C=O) groups excluding carboxylic acids is 13. The highest BCUT2D eigenvalue weighted by molar-refractivity contribution is 5.97. The molecule has 1 heterocycles. The molecule has 33 nitrogen and oxygen atoms in total. The summed E-state index contributed by atoms with van der Waals surface area (Å²) in [5.74, 6) is -8.12. The van der Waals surface area contributed by atoms with Crippen molar-refractivity contribution in [3.05, 3.63) is 36.0 Å². The molecule has 13 amide bonds. The van der Waals surface area contributed by atoms with Crippen LogP contribution in [-0.2, 0) is 68.7 Å². The number of aromatic amines is 1. The van der Waals surface area contributed by atoms with E-state index in [-0.39, 0.29) is 88.1 Å². The fourth-order valence-corrected chi connectivity index (χ4v) is 9.81. The lowest BCUT2D eigenvalue weighted by molar-refractivity contribution is -0.134. The van der Waals surface area contributed by atoms with Crippen molar-refractivity contribution in [2.75, 3.05) is 45.8 Å². The highest BCUT2D eigenvalue weighted by Gasteiger charge is 2.35. The fourth-order valence-electron chi connectivity index (χ4n) is 9.81. The summed E-state index contributed by atoms with van der Waals surface area (Å²) in [4.78, 5) is 175. The fraction of sp³-hybridized carbons (Fsp3) is 0.656. The van der Waals surface area contributed by atoms with E-state index < -0.39 is 138 Å². The molecule has 9 atom stereocenters. The number of aliphatic imine (C=N–C) groups is 1. The van der Waals surface area contributed by atoms with Gasteiger partial charge in [0, 0.05) is 62.5 Å². The van der Waals surface area contributed by atoms with Gasteiger partial charge in [0.1, 0.15) is 42.3 Å². The van der Waals surface area contributed by atoms with Crippen LogP contribution >= 0.6 is 0 Å². The molecule has 2 rings (SSSR count). The number of aromatic nitrogens is 1. The Bertz CT molecular complexity index is 2950. The molecule has 0 radical (unpaired) electrons. The number of nitrogens with one attached hydrogen (secondary N) is 13. The van der Waals surface area contributed by atoms with Crippen LogP contribution in [0.15, 0.2) is 35.5 Å². The number of aliphatic hydroxyl groups excluding tert-OH is 1. The average molecular weight is 1370 g/mol. The van der Waals surface area contributed by atoms with Crippen molar-refractivity contribution in [3.63, 3.8) is 0 Å². The van der Waals surface area contributed by atoms with Crippen molar-refractivity contribution in [1.29, 1.82) is 0 Å². The maximum absolute atomic E-state index is 13.4. The molecule has 0 bridgehead atoms. The first-order valence-electron chi connectivity index (χ1n) is 33.2. The minimum absolute atomic E-state index is 0.0201. The number of primary amides is 1. The van der Waals surface area contributed by atoms with Crippen molar-refractivity contribution in [2.24, 2.45) is 45.0 Å². The van der Waals surface area contributed by atoms with E-state index >= 15 is 0 Å². The molecule has 0 aliphatic carbocycles. The molecule has 1 aromatic carbocycles. The zero-order valence-corrected chi connectivity index (χ0v) is 57.5. The van der Waals surface area contributed by atoms with Crippen LogP contribution in [0.2, 0.25) is 0 Å². The van der Waals surface area contributed by atoms with Crippen LogP contribution in [0.5, 0.6) is 0 Å². The molecule has 544 valence electrons. The van der Waals surface area contributed by atoms with Gasteiger partial charge in [-0.3, -0.25) is 67.3 Å². The SMILES string of the molecule is CC(C)C[C@H](NC(=O)CNC(=O)[C@H](C)NC(=O)[C@H](C)NC(=O)[C@H](CCCN=C(N)N)NC(=O)CNC(=O)CCCCNC(=O)CCCCNC(=O)CCCCNC(=O)[C@H](CCCCN)NC(=O)[C@@H](NC(=O)[C@@H](N)Cc1c[nH]c2ccccc12)[C@@H](C)O)C(=O)N[C@H](C(N)=O)C(C)(C)C. The molecule has 24 N–H and O–H groups in total. The van der Waals surface area contributed by atoms with Crippen LogP contribution < -0.4 is 92.5 Å². The van der Waals surface area contributed by atoms with E-state index in [1.165, 1.54) is 20.8 Å². The normalized spacial score (nSPS) is 14.0. The van der Waals surface area contributed by atoms with Crippen LogP contribution in [0.1, 0.15) is 157 Å². The number of fused-ring (bicyclic) bond motifs is 1. The highest BCUT2D eigenvalue weighted by atomic mass is 16.3. The van der Waals surface area contributed by atoms with Crippen LogP contribution in [0, 0.1) is 11.3 Å². The summed E-state index contributed by atoms with van der Waals surface area (Å²) in [5, 5.41) is 42.5. The summed E-state index contributed by atoms with van der Waals surface area (Å²) >= 11 is 0. The van der Waals surface area contributed by atoms with Crippen LogP contribution in [0.25, 0.3) is 10.9 Å². The number of unbranched alkanes of at least 4 members (excludes halogenated alkanes) is 4. The van der Waals surface area contributed by atoms with Crippen molar-refractivity contribution >= 4 is 93.7 Å². The first kappa shape index (κ1) is 84.1. The monoisotopic (exact) mass is 1370 g/mol. The van der Waals surface area contributed by atoms with Gasteiger partial charge in [0.15, 0.2) is 5.96 Å². The van der Waals surface area contributed by atoms with Gasteiger partial charge < -0.3 is 103 Å². The lowest BCUT2D eigenvalue weighted by Gasteiger charge is -2.30. The van der Waals surface area contributed by atoms with Crippen molar-refractivity contribution in [1.82, 2.24) is 68.8 Å². The Morgan fingerprint density at radius 1 is 0.526 bits per heavy atom. The molecule has 0 unspecified atom stereocenters. The molecule has 2 aromatic rings. The van der Waals surface area contributed by atoms with Gasteiger partial charge in [-0.2, -0.15) is 0 Å². The van der Waals surface area contributed by atoms with E-state index in [9.17, 15) is 67.4 Å². The number of guanidine groups is 1. The minimum Gasteiger partial charge on any atom is -0.391 e. The van der Waals surface area contributed by atoms with Gasteiger partial charge in [0.25, 0.3) is 0 Å². The second-order valence-electron chi connectivity index (χ2n) is 25.6. The Kier molecular flexibility index (Phi) is 38.8. The number of nitrogens with two attached hydrogens (primary N) is 5. The van der Waals surface area contributed by atoms with E-state index in [4.69, 9.17) is 28.7 Å². The predicted molar refractivity (Wildman–Crippen MR) is 364 cm³/mol. The third-order valence-corrected chi connectivity index (χ3v) is 15.3. The molecule has 0 aliphatic heterocycles. The molecule has 0 spiro atoms. The first-order chi connectivity index (χ1) is 45.7. The minimum atomic E-state index is -1.39. The average Bonchev–Trinajstić information content (AvgIpc) is 1.79. The number of hydrogen-bond donors (Lipinski definition) is 19. The van der Waals surface area contributed by atoms with E-state index in [1.807, 2.05) is 38.1 Å². The smallest absolute Gasteiger partial charge is 0.245 e. The van der Waals surface area contributed by atoms with E-state index in [0.717, 1.165) is 16.5 Å². The number of benzene rings is 1. The molecule has 0 saturated carbocycles. The third kappa shape index (κ3) is 34.5. The van der Waals surface area contributed by atoms with Gasteiger partial charge in [0.2, 0.25) is 76.8 Å². The number of rotatable bonds is 47. The Morgan fingerprint density at radius 3 is 1.60 bits per heavy atom. The number of carbonyl (C=O) groups is 13. The van der Waals surface area contributed by atoms with Gasteiger partial charge >= 0.3 is 0 Å². The van der Waals surface area contributed by atoms with E-state index in [2.05, 4.69) is 73.8 Å². The van der Waals surface area contributed by atoms with Gasteiger partial charge in [-0.05, 0) is 134 Å². The number of aliphatic hydroxyl groups is 1. The Balaban J connectivity index is 1.70. The molecule has 33 heteroatoms. The second-order valence-corrected chi connectivity index (χ2v) is 25.6. The topological polar surface area (TPSA) is 545 Å². The molecular formula is C64H109N19O14. The summed E-state index contributed by atoms with van der Waals surface area (Å²) in [6.45, 7) is 13.1. The van der Waals surface area contributed by atoms with Gasteiger partial charge in [-0.1, -0.05) is 52.8 Å².